The van der Waals surface area contributed by atoms with Gasteiger partial charge in [-0.1, -0.05) is 12.1 Å². The molecular formula is C17H14FNO4. The molecule has 3 rings (SSSR count). The summed E-state index contributed by atoms with van der Waals surface area (Å²) in [5.41, 5.74) is 1.42. The van der Waals surface area contributed by atoms with Gasteiger partial charge in [-0.15, -0.1) is 0 Å². The molecule has 0 spiro atoms. The van der Waals surface area contributed by atoms with Crippen molar-refractivity contribution in [1.82, 2.24) is 4.90 Å². The lowest BCUT2D eigenvalue weighted by Gasteiger charge is -2.08. The summed E-state index contributed by atoms with van der Waals surface area (Å²) in [5.74, 6) is -3.14. The number of likely N-dealkylation sites (N-methyl/N-ethyl adjacent to an activating group) is 1. The lowest BCUT2D eigenvalue weighted by atomic mass is 9.96. The number of Topliss-reactive ketones (excluding diaryl/α,β-unsaturated/α-hetero) is 2. The van der Waals surface area contributed by atoms with Gasteiger partial charge in [-0.05, 0) is 23.8 Å². The van der Waals surface area contributed by atoms with Crippen molar-refractivity contribution in [2.45, 2.75) is 6.42 Å². The number of carbonyl (C=O) groups excluding carboxylic acids is 3. The highest BCUT2D eigenvalue weighted by atomic mass is 19.1. The number of halogens is 1. The topological polar surface area (TPSA) is 67.6 Å². The molecule has 0 aliphatic carbocycles. The minimum atomic E-state index is -1.02. The molecule has 0 bridgehead atoms. The number of ketones is 2. The van der Waals surface area contributed by atoms with E-state index < -0.39 is 23.4 Å². The number of furan rings is 1. The summed E-state index contributed by atoms with van der Waals surface area (Å²) in [5, 5.41) is 0. The van der Waals surface area contributed by atoms with Gasteiger partial charge in [0.2, 0.25) is 11.6 Å². The zero-order chi connectivity index (χ0) is 16.6. The summed E-state index contributed by atoms with van der Waals surface area (Å²) in [6.45, 7) is 0.0627. The number of nitrogens with zero attached hydrogens (tertiary/aromatic N) is 1. The van der Waals surface area contributed by atoms with Gasteiger partial charge in [-0.25, -0.2) is 4.39 Å². The second-order valence-corrected chi connectivity index (χ2v) is 5.54. The van der Waals surface area contributed by atoms with E-state index in [2.05, 4.69) is 0 Å². The molecule has 1 aromatic heterocycles. The van der Waals surface area contributed by atoms with Gasteiger partial charge in [0, 0.05) is 25.6 Å². The van der Waals surface area contributed by atoms with Crippen molar-refractivity contribution < 1.29 is 23.2 Å². The van der Waals surface area contributed by atoms with Crippen molar-refractivity contribution in [3.8, 4) is 0 Å². The van der Waals surface area contributed by atoms with Crippen LogP contribution in [0.15, 0.2) is 41.0 Å². The van der Waals surface area contributed by atoms with Crippen LogP contribution in [0.5, 0.6) is 0 Å². The SMILES string of the molecule is CN1CC(C(=O)c2occc2Cc2ccc(F)cc2)C(=O)C1=O. The molecule has 6 heteroatoms. The van der Waals surface area contributed by atoms with E-state index in [4.69, 9.17) is 4.42 Å². The first-order chi connectivity index (χ1) is 11.0. The molecule has 1 unspecified atom stereocenters. The molecule has 118 valence electrons. The standard InChI is InChI=1S/C17H14FNO4/c1-19-9-13(15(21)17(19)22)14(20)16-11(6-7-23-16)8-10-2-4-12(18)5-3-10/h2-7,13H,8-9H2,1H3. The Bertz CT molecular complexity index is 778. The first kappa shape index (κ1) is 15.1. The molecule has 0 N–H and O–H groups in total. The number of hydrogen-bond donors (Lipinski definition) is 0. The molecule has 1 saturated heterocycles. The van der Waals surface area contributed by atoms with Gasteiger partial charge >= 0.3 is 0 Å². The summed E-state index contributed by atoms with van der Waals surface area (Å²) >= 11 is 0. The Kier molecular flexibility index (Phi) is 3.82. The summed E-state index contributed by atoms with van der Waals surface area (Å²) in [6, 6.07) is 7.56. The van der Waals surface area contributed by atoms with E-state index in [9.17, 15) is 18.8 Å². The monoisotopic (exact) mass is 315 g/mol. The predicted octanol–water partition coefficient (Wildman–Crippen LogP) is 1.85. The van der Waals surface area contributed by atoms with Crippen molar-refractivity contribution in [3.63, 3.8) is 0 Å². The first-order valence-electron chi connectivity index (χ1n) is 7.11. The Hall–Kier alpha value is -2.76. The van der Waals surface area contributed by atoms with Crippen LogP contribution in [0.4, 0.5) is 4.39 Å². The van der Waals surface area contributed by atoms with E-state index >= 15 is 0 Å². The summed E-state index contributed by atoms with van der Waals surface area (Å²) in [7, 11) is 1.48. The number of amides is 1. The van der Waals surface area contributed by atoms with Crippen LogP contribution in [-0.4, -0.2) is 36.0 Å². The van der Waals surface area contributed by atoms with Crippen molar-refractivity contribution in [1.29, 1.82) is 0 Å². The van der Waals surface area contributed by atoms with Gasteiger partial charge in [0.25, 0.3) is 5.91 Å². The van der Waals surface area contributed by atoms with Gasteiger partial charge in [0.1, 0.15) is 11.7 Å². The molecule has 23 heavy (non-hydrogen) atoms. The summed E-state index contributed by atoms with van der Waals surface area (Å²) in [6.07, 6.45) is 1.75. The fourth-order valence-corrected chi connectivity index (χ4v) is 2.65. The average Bonchev–Trinajstić information content (AvgIpc) is 3.09. The van der Waals surface area contributed by atoms with Crippen LogP contribution in [0.1, 0.15) is 21.7 Å². The first-order valence-corrected chi connectivity index (χ1v) is 7.11. The average molecular weight is 315 g/mol. The maximum absolute atomic E-state index is 12.9. The Labute approximate surface area is 131 Å². The van der Waals surface area contributed by atoms with Gasteiger partial charge in [-0.3, -0.25) is 14.4 Å². The molecule has 0 radical (unpaired) electrons. The normalized spacial score (nSPS) is 17.8. The number of benzene rings is 1. The quantitative estimate of drug-likeness (QED) is 0.490. The highest BCUT2D eigenvalue weighted by molar-refractivity contribution is 6.43. The third-order valence-corrected chi connectivity index (χ3v) is 3.93. The molecule has 1 atom stereocenters. The molecular weight excluding hydrogens is 301 g/mol. The van der Waals surface area contributed by atoms with Crippen LogP contribution in [-0.2, 0) is 16.0 Å². The largest absolute Gasteiger partial charge is 0.461 e. The van der Waals surface area contributed by atoms with Crippen LogP contribution in [0, 0.1) is 11.7 Å². The van der Waals surface area contributed by atoms with Gasteiger partial charge in [0.15, 0.2) is 5.76 Å². The maximum Gasteiger partial charge on any atom is 0.290 e. The lowest BCUT2D eigenvalue weighted by molar-refractivity contribution is -0.139. The fourth-order valence-electron chi connectivity index (χ4n) is 2.65. The Morgan fingerprint density at radius 1 is 1.26 bits per heavy atom. The van der Waals surface area contributed by atoms with Crippen LogP contribution in [0.25, 0.3) is 0 Å². The molecule has 2 aromatic rings. The second kappa shape index (κ2) is 5.79. The zero-order valence-electron chi connectivity index (χ0n) is 12.4. The van der Waals surface area contributed by atoms with E-state index in [1.54, 1.807) is 18.2 Å². The summed E-state index contributed by atoms with van der Waals surface area (Å²) in [4.78, 5) is 37.2. The van der Waals surface area contributed by atoms with Crippen molar-refractivity contribution in [3.05, 3.63) is 59.3 Å². The summed E-state index contributed by atoms with van der Waals surface area (Å²) < 4.78 is 18.2. The molecule has 1 aliphatic heterocycles. The second-order valence-electron chi connectivity index (χ2n) is 5.54. The number of rotatable bonds is 4. The number of likely N-dealkylation sites (tertiary alicyclic amines) is 1. The predicted molar refractivity (Wildman–Crippen MR) is 78.4 cm³/mol. The third-order valence-electron chi connectivity index (χ3n) is 3.93. The van der Waals surface area contributed by atoms with Gasteiger partial charge in [-0.2, -0.15) is 0 Å². The Balaban J connectivity index is 1.83. The Morgan fingerprint density at radius 2 is 1.96 bits per heavy atom. The molecule has 0 saturated carbocycles. The Morgan fingerprint density at radius 3 is 2.57 bits per heavy atom. The minimum Gasteiger partial charge on any atom is -0.461 e. The van der Waals surface area contributed by atoms with E-state index in [0.29, 0.717) is 12.0 Å². The van der Waals surface area contributed by atoms with Crippen molar-refractivity contribution in [2.75, 3.05) is 13.6 Å². The maximum atomic E-state index is 12.9. The lowest BCUT2D eigenvalue weighted by Crippen LogP contribution is -2.24. The van der Waals surface area contributed by atoms with E-state index in [1.165, 1.54) is 30.3 Å². The van der Waals surface area contributed by atoms with Crippen LogP contribution in [0.3, 0.4) is 0 Å². The third kappa shape index (κ3) is 2.79. The zero-order valence-corrected chi connectivity index (χ0v) is 12.4. The van der Waals surface area contributed by atoms with Crippen molar-refractivity contribution >= 4 is 17.5 Å². The molecule has 1 aliphatic rings. The molecule has 1 fully saturated rings. The van der Waals surface area contributed by atoms with Crippen molar-refractivity contribution in [2.24, 2.45) is 5.92 Å². The fraction of sp³-hybridized carbons (Fsp3) is 0.235. The smallest absolute Gasteiger partial charge is 0.290 e. The molecule has 2 heterocycles. The van der Waals surface area contributed by atoms with Gasteiger partial charge in [0.05, 0.1) is 6.26 Å². The van der Waals surface area contributed by atoms with E-state index in [1.807, 2.05) is 0 Å². The molecule has 1 aromatic carbocycles. The van der Waals surface area contributed by atoms with Crippen LogP contribution < -0.4 is 0 Å². The van der Waals surface area contributed by atoms with E-state index in [0.717, 1.165) is 5.56 Å². The van der Waals surface area contributed by atoms with Crippen LogP contribution in [0.2, 0.25) is 0 Å². The van der Waals surface area contributed by atoms with E-state index in [-0.39, 0.29) is 18.1 Å². The molecule has 5 nitrogen and oxygen atoms in total. The number of carbonyl (C=O) groups is 3. The highest BCUT2D eigenvalue weighted by Crippen LogP contribution is 2.23. The molecule has 1 amide bonds. The van der Waals surface area contributed by atoms with Crippen LogP contribution >= 0.6 is 0 Å². The highest BCUT2D eigenvalue weighted by Gasteiger charge is 2.43. The minimum absolute atomic E-state index is 0.0627. The number of hydrogen-bond acceptors (Lipinski definition) is 4. The van der Waals surface area contributed by atoms with Gasteiger partial charge < -0.3 is 9.32 Å².